The highest BCUT2D eigenvalue weighted by atomic mass is 16.2. The number of nitrogens with one attached hydrogen (secondary N) is 1. The van der Waals surface area contributed by atoms with E-state index in [1.54, 1.807) is 36.5 Å². The van der Waals surface area contributed by atoms with Crippen molar-refractivity contribution in [1.29, 1.82) is 5.26 Å². The van der Waals surface area contributed by atoms with Gasteiger partial charge in [-0.2, -0.15) is 5.26 Å². The average molecular weight is 459 g/mol. The molecule has 0 unspecified atom stereocenters. The van der Waals surface area contributed by atoms with E-state index in [0.717, 1.165) is 50.0 Å². The Morgan fingerprint density at radius 3 is 2.62 bits per heavy atom. The van der Waals surface area contributed by atoms with Gasteiger partial charge in [-0.25, -0.2) is 9.67 Å². The van der Waals surface area contributed by atoms with Gasteiger partial charge < -0.3 is 9.80 Å². The standard InChI is InChI=1S/C26H30N6O2/c1-4-11-31-12-9-21(10-13-31)30(3)25(33)20-6-8-24(28-16-20)32-26(34)23(17-29-32)22-7-5-19(15-27)14-18(22)2/h5-8,14,16-17,21,29H,4,9-13H2,1-3H3. The van der Waals surface area contributed by atoms with Crippen molar-refractivity contribution < 1.29 is 4.79 Å². The van der Waals surface area contributed by atoms with E-state index in [0.29, 0.717) is 22.5 Å². The first-order valence-electron chi connectivity index (χ1n) is 11.7. The molecule has 0 radical (unpaired) electrons. The maximum absolute atomic E-state index is 13.0. The summed E-state index contributed by atoms with van der Waals surface area (Å²) in [6.45, 7) is 7.21. The lowest BCUT2D eigenvalue weighted by Gasteiger charge is -2.36. The lowest BCUT2D eigenvalue weighted by atomic mass is 10.0. The summed E-state index contributed by atoms with van der Waals surface area (Å²) in [6, 6.07) is 11.0. The summed E-state index contributed by atoms with van der Waals surface area (Å²) < 4.78 is 1.36. The van der Waals surface area contributed by atoms with Crippen molar-refractivity contribution in [1.82, 2.24) is 24.6 Å². The molecule has 2 aromatic heterocycles. The van der Waals surface area contributed by atoms with Gasteiger partial charge in [0.25, 0.3) is 11.5 Å². The largest absolute Gasteiger partial charge is 0.339 e. The van der Waals surface area contributed by atoms with Crippen LogP contribution in [0.3, 0.4) is 0 Å². The molecule has 3 aromatic rings. The highest BCUT2D eigenvalue weighted by molar-refractivity contribution is 5.94. The molecule has 1 fully saturated rings. The van der Waals surface area contributed by atoms with Gasteiger partial charge in [-0.05, 0) is 68.1 Å². The first kappa shape index (κ1) is 23.5. The van der Waals surface area contributed by atoms with E-state index in [-0.39, 0.29) is 17.5 Å². The summed E-state index contributed by atoms with van der Waals surface area (Å²) in [6.07, 6.45) is 6.26. The molecule has 176 valence electrons. The van der Waals surface area contributed by atoms with Crippen LogP contribution in [0.1, 0.15) is 47.7 Å². The lowest BCUT2D eigenvalue weighted by Crippen LogP contribution is -2.45. The number of aromatic nitrogens is 3. The number of carbonyl (C=O) groups excluding carboxylic acids is 1. The zero-order valence-electron chi connectivity index (χ0n) is 19.9. The molecule has 1 aliphatic rings. The number of hydrogen-bond donors (Lipinski definition) is 1. The minimum Gasteiger partial charge on any atom is -0.339 e. The number of likely N-dealkylation sites (tertiary alicyclic amines) is 1. The Bertz CT molecular complexity index is 1260. The molecular formula is C26H30N6O2. The van der Waals surface area contributed by atoms with Crippen LogP contribution in [0.25, 0.3) is 16.9 Å². The topological polar surface area (TPSA) is 98.0 Å². The van der Waals surface area contributed by atoms with Crippen molar-refractivity contribution in [3.05, 3.63) is 69.8 Å². The molecule has 8 nitrogen and oxygen atoms in total. The molecule has 0 bridgehead atoms. The normalized spacial score (nSPS) is 14.6. The van der Waals surface area contributed by atoms with E-state index >= 15 is 0 Å². The van der Waals surface area contributed by atoms with E-state index in [1.807, 2.05) is 18.9 Å². The van der Waals surface area contributed by atoms with Crippen LogP contribution in [0.4, 0.5) is 0 Å². The van der Waals surface area contributed by atoms with Crippen molar-refractivity contribution >= 4 is 5.91 Å². The van der Waals surface area contributed by atoms with Gasteiger partial charge in [0, 0.05) is 38.6 Å². The first-order chi connectivity index (χ1) is 16.4. The number of carbonyl (C=O) groups is 1. The molecule has 3 heterocycles. The number of aryl methyl sites for hydroxylation is 1. The average Bonchev–Trinajstić information content (AvgIpc) is 3.24. The van der Waals surface area contributed by atoms with Crippen LogP contribution in [0.2, 0.25) is 0 Å². The number of nitriles is 1. The maximum Gasteiger partial charge on any atom is 0.280 e. The van der Waals surface area contributed by atoms with Gasteiger partial charge in [0.05, 0.1) is 22.8 Å². The lowest BCUT2D eigenvalue weighted by molar-refractivity contribution is 0.0642. The number of aromatic amines is 1. The molecule has 1 amide bonds. The van der Waals surface area contributed by atoms with Gasteiger partial charge in [0.1, 0.15) is 0 Å². The third kappa shape index (κ3) is 4.66. The number of rotatable bonds is 6. The minimum atomic E-state index is -0.240. The van der Waals surface area contributed by atoms with Crippen molar-refractivity contribution in [3.63, 3.8) is 0 Å². The third-order valence-corrected chi connectivity index (χ3v) is 6.61. The van der Waals surface area contributed by atoms with E-state index in [2.05, 4.69) is 28.0 Å². The highest BCUT2D eigenvalue weighted by Crippen LogP contribution is 2.22. The van der Waals surface area contributed by atoms with Crippen LogP contribution in [-0.2, 0) is 0 Å². The van der Waals surface area contributed by atoms with E-state index < -0.39 is 0 Å². The fraction of sp³-hybridized carbons (Fsp3) is 0.385. The predicted octanol–water partition coefficient (Wildman–Crippen LogP) is 3.35. The summed E-state index contributed by atoms with van der Waals surface area (Å²) >= 11 is 0. The van der Waals surface area contributed by atoms with Crippen LogP contribution in [0, 0.1) is 18.3 Å². The number of H-pyrrole nitrogens is 1. The fourth-order valence-electron chi connectivity index (χ4n) is 4.63. The Kier molecular flexibility index (Phi) is 6.94. The molecule has 0 saturated carbocycles. The first-order valence-corrected chi connectivity index (χ1v) is 11.7. The summed E-state index contributed by atoms with van der Waals surface area (Å²) in [5.41, 5.74) is 2.92. The molecule has 0 spiro atoms. The Balaban J connectivity index is 1.49. The monoisotopic (exact) mass is 458 g/mol. The summed E-state index contributed by atoms with van der Waals surface area (Å²) in [5.74, 6) is 0.357. The number of nitrogens with zero attached hydrogens (tertiary/aromatic N) is 5. The molecule has 34 heavy (non-hydrogen) atoms. The summed E-state index contributed by atoms with van der Waals surface area (Å²) in [5, 5.41) is 12.0. The zero-order chi connectivity index (χ0) is 24.2. The van der Waals surface area contributed by atoms with Gasteiger partial charge >= 0.3 is 0 Å². The van der Waals surface area contributed by atoms with Crippen molar-refractivity contribution in [2.24, 2.45) is 0 Å². The van der Waals surface area contributed by atoms with E-state index in [1.165, 1.54) is 10.9 Å². The number of pyridine rings is 1. The fourth-order valence-corrected chi connectivity index (χ4v) is 4.63. The Morgan fingerprint density at radius 2 is 2.00 bits per heavy atom. The molecular weight excluding hydrogens is 428 g/mol. The molecule has 0 aliphatic carbocycles. The van der Waals surface area contributed by atoms with E-state index in [9.17, 15) is 9.59 Å². The number of amides is 1. The molecule has 4 rings (SSSR count). The van der Waals surface area contributed by atoms with Gasteiger partial charge in [-0.3, -0.25) is 14.7 Å². The predicted molar refractivity (Wildman–Crippen MR) is 131 cm³/mol. The Morgan fingerprint density at radius 1 is 1.24 bits per heavy atom. The Hall–Kier alpha value is -3.70. The number of hydrogen-bond acceptors (Lipinski definition) is 5. The van der Waals surface area contributed by atoms with Crippen LogP contribution in [-0.4, -0.2) is 63.2 Å². The second kappa shape index (κ2) is 10.1. The molecule has 1 saturated heterocycles. The second-order valence-electron chi connectivity index (χ2n) is 8.86. The molecule has 1 aromatic carbocycles. The van der Waals surface area contributed by atoms with E-state index in [4.69, 9.17) is 5.26 Å². The van der Waals surface area contributed by atoms with Crippen LogP contribution in [0.15, 0.2) is 47.5 Å². The number of piperidine rings is 1. The van der Waals surface area contributed by atoms with Crippen LogP contribution >= 0.6 is 0 Å². The van der Waals surface area contributed by atoms with Crippen molar-refractivity contribution in [2.75, 3.05) is 26.7 Å². The molecule has 0 atom stereocenters. The van der Waals surface area contributed by atoms with Crippen LogP contribution < -0.4 is 5.56 Å². The molecule has 8 heteroatoms. The Labute approximate surface area is 199 Å². The second-order valence-corrected chi connectivity index (χ2v) is 8.86. The van der Waals surface area contributed by atoms with Crippen molar-refractivity contribution in [3.8, 4) is 23.0 Å². The van der Waals surface area contributed by atoms with Gasteiger partial charge in [0.2, 0.25) is 0 Å². The van der Waals surface area contributed by atoms with Crippen molar-refractivity contribution in [2.45, 2.75) is 39.2 Å². The van der Waals surface area contributed by atoms with Gasteiger partial charge in [-0.1, -0.05) is 13.0 Å². The van der Waals surface area contributed by atoms with Gasteiger partial charge in [-0.15, -0.1) is 0 Å². The van der Waals surface area contributed by atoms with Gasteiger partial charge in [0.15, 0.2) is 5.82 Å². The molecule has 1 aliphatic heterocycles. The smallest absolute Gasteiger partial charge is 0.280 e. The minimum absolute atomic E-state index is 0.0549. The summed E-state index contributed by atoms with van der Waals surface area (Å²) in [7, 11) is 1.86. The SMILES string of the molecule is CCCN1CCC(N(C)C(=O)c2ccc(-n3[nH]cc(-c4ccc(C#N)cc4C)c3=O)nc2)CC1. The quantitative estimate of drug-likeness (QED) is 0.611. The van der Waals surface area contributed by atoms with Crippen LogP contribution in [0.5, 0.6) is 0 Å². The highest BCUT2D eigenvalue weighted by Gasteiger charge is 2.26. The summed E-state index contributed by atoms with van der Waals surface area (Å²) in [4.78, 5) is 34.7. The third-order valence-electron chi connectivity index (χ3n) is 6.61. The maximum atomic E-state index is 13.0. The zero-order valence-corrected chi connectivity index (χ0v) is 19.9. The number of benzene rings is 1. The molecule has 1 N–H and O–H groups in total.